The lowest BCUT2D eigenvalue weighted by molar-refractivity contribution is -0.143. The van der Waals surface area contributed by atoms with E-state index in [2.05, 4.69) is 15.5 Å². The van der Waals surface area contributed by atoms with E-state index < -0.39 is 198 Å². The molecule has 0 saturated heterocycles. The molecule has 474 valence electrons. The van der Waals surface area contributed by atoms with E-state index in [4.69, 9.17) is 21.1 Å². The Morgan fingerprint density at radius 3 is 2.08 bits per heavy atom. The number of pyridine rings is 1. The molecule has 6 aromatic rings. The van der Waals surface area contributed by atoms with Crippen molar-refractivity contribution in [3.05, 3.63) is 122 Å². The van der Waals surface area contributed by atoms with Crippen LogP contribution in [0.4, 0.5) is 49.7 Å². The summed E-state index contributed by atoms with van der Waals surface area (Å²) in [5, 5.41) is 8.53. The number of hydrogen-bond donors (Lipinski definition) is 5. The molecule has 3 aromatic heterocycles. The van der Waals surface area contributed by atoms with Crippen LogP contribution in [-0.2, 0) is 88.2 Å². The standard InChI is InChI=1S/C52H54ClF10N7O13P2S2/c1-25-14-27(23-84(73,74)75)42(37(15-25)83-85(76,77)78)48(2,3)21-39(72)70(87(7,81)82)47-41-35(53)11-10-32(44(41)69(67-47)24-50(56,57)58)31-9-8-30(12-13-49(4,5)86(6,79)80)64-43(31)36(18-26-16-28(54)19-29(55)17-26)65-38(71)22-68-46-40(45(66-68)52(61,62)63)33-20-34(33)51(46,59)60/h8-11,14-17,19,33-34,36H,12-13,18,20-24H2,1-7H3,(H,65,71)(H2,73,74,75)(H2,76,77,78)/t33-,34?,36-/m0/s1. The molecule has 3 atom stereocenters. The lowest BCUT2D eigenvalue weighted by Crippen LogP contribution is -2.40. The SMILES string of the molecule is Cc1cc(CP(=O)(O)O)c(C(C)(C)CC(=O)N(c2nn(CC(F)(F)F)c3c(-c4ccc(CCC(C)(C)S(C)(=O)=O)nc4[C@H](Cc4cc(F)cc(F)c4)NC(=O)Cn4nc(C(F)(F)F)c5c4C(F)(F)C4C[C@H]54)ccc(Cl)c23)S(C)(=O)=O)c(OP(=O)(O)O)c1. The van der Waals surface area contributed by atoms with Crippen molar-refractivity contribution in [1.82, 2.24) is 29.9 Å². The molecule has 0 bridgehead atoms. The van der Waals surface area contributed by atoms with Crippen LogP contribution in [0.25, 0.3) is 22.0 Å². The van der Waals surface area contributed by atoms with Crippen molar-refractivity contribution in [3.8, 4) is 16.9 Å². The average Bonchev–Trinajstić information content (AvgIpc) is 1.52. The molecule has 1 saturated carbocycles. The molecule has 87 heavy (non-hydrogen) atoms. The number of anilines is 1. The number of sulfonamides is 1. The second kappa shape index (κ2) is 22.8. The van der Waals surface area contributed by atoms with E-state index in [1.165, 1.54) is 52.8 Å². The molecule has 3 aromatic carbocycles. The summed E-state index contributed by atoms with van der Waals surface area (Å²) in [7, 11) is -19.5. The fraction of sp³-hybridized carbons (Fsp3) is 0.442. The van der Waals surface area contributed by atoms with Crippen LogP contribution in [0, 0.1) is 24.5 Å². The molecule has 2 amide bonds. The third kappa shape index (κ3) is 14.5. The maximum absolute atomic E-state index is 15.8. The monoisotopic (exact) mass is 1340 g/mol. The van der Waals surface area contributed by atoms with Crippen LogP contribution >= 0.6 is 27.0 Å². The second-order valence-corrected chi connectivity index (χ2v) is 30.5. The molecule has 0 spiro atoms. The Kier molecular flexibility index (Phi) is 17.6. The van der Waals surface area contributed by atoms with Crippen molar-refractivity contribution >= 4 is 75.4 Å². The Bertz CT molecular complexity index is 4070. The average molecular weight is 1340 g/mol. The van der Waals surface area contributed by atoms with Gasteiger partial charge in [-0.25, -0.2) is 30.2 Å². The van der Waals surface area contributed by atoms with Gasteiger partial charge in [-0.05, 0) is 99.4 Å². The first-order valence-corrected chi connectivity index (χ1v) is 33.2. The van der Waals surface area contributed by atoms with Gasteiger partial charge in [-0.15, -0.1) is 0 Å². The highest BCUT2D eigenvalue weighted by atomic mass is 35.5. The minimum atomic E-state index is -5.51. The molecular formula is C52H54ClF10N7O13P2S2. The van der Waals surface area contributed by atoms with E-state index >= 15 is 17.6 Å². The predicted molar refractivity (Wildman–Crippen MR) is 294 cm³/mol. The van der Waals surface area contributed by atoms with Gasteiger partial charge in [-0.2, -0.15) is 49.6 Å². The van der Waals surface area contributed by atoms with E-state index in [-0.39, 0.29) is 60.9 Å². The molecular weight excluding hydrogens is 1280 g/mol. The Labute approximate surface area is 494 Å². The minimum Gasteiger partial charge on any atom is -0.404 e. The highest BCUT2D eigenvalue weighted by Gasteiger charge is 2.68. The quantitative estimate of drug-likeness (QED) is 0.0331. The highest BCUT2D eigenvalue weighted by Crippen LogP contribution is 2.68. The van der Waals surface area contributed by atoms with Crippen LogP contribution in [0.15, 0.2) is 54.6 Å². The number of amides is 2. The van der Waals surface area contributed by atoms with Gasteiger partial charge < -0.3 is 19.6 Å². The molecule has 0 aliphatic heterocycles. The number of fused-ring (bicyclic) bond motifs is 4. The highest BCUT2D eigenvalue weighted by molar-refractivity contribution is 7.93. The van der Waals surface area contributed by atoms with Crippen LogP contribution in [0.3, 0.4) is 0 Å². The van der Waals surface area contributed by atoms with Crippen LogP contribution < -0.4 is 14.1 Å². The van der Waals surface area contributed by atoms with Gasteiger partial charge in [-0.1, -0.05) is 43.6 Å². The summed E-state index contributed by atoms with van der Waals surface area (Å²) < 4.78 is 232. The number of carbonyl (C=O) groups is 2. The van der Waals surface area contributed by atoms with Crippen molar-refractivity contribution in [2.75, 3.05) is 16.8 Å². The number of aryl methyl sites for hydroxylation is 2. The van der Waals surface area contributed by atoms with Crippen molar-refractivity contribution in [1.29, 1.82) is 0 Å². The normalized spacial score (nSPS) is 16.9. The zero-order valence-corrected chi connectivity index (χ0v) is 50.8. The second-order valence-electron chi connectivity index (χ2n) is 22.8. The maximum atomic E-state index is 15.8. The van der Waals surface area contributed by atoms with Crippen molar-refractivity contribution in [2.45, 2.75) is 126 Å². The molecule has 5 N–H and O–H groups in total. The van der Waals surface area contributed by atoms with E-state index in [1.807, 2.05) is 0 Å². The Balaban J connectivity index is 1.34. The lowest BCUT2D eigenvalue weighted by atomic mass is 9.78. The number of hydrogen-bond acceptors (Lipinski definition) is 12. The zero-order valence-electron chi connectivity index (χ0n) is 46.6. The summed E-state index contributed by atoms with van der Waals surface area (Å²) in [6, 6.07) is 6.94. The summed E-state index contributed by atoms with van der Waals surface area (Å²) in [5.74, 6) is -13.7. The molecule has 0 radical (unpaired) electrons. The predicted octanol–water partition coefficient (Wildman–Crippen LogP) is 9.99. The number of benzene rings is 3. The summed E-state index contributed by atoms with van der Waals surface area (Å²) in [4.78, 5) is 73.8. The Morgan fingerprint density at radius 1 is 0.897 bits per heavy atom. The summed E-state index contributed by atoms with van der Waals surface area (Å²) in [5.41, 5.74) is -8.53. The van der Waals surface area contributed by atoms with E-state index in [9.17, 15) is 81.5 Å². The van der Waals surface area contributed by atoms with Gasteiger partial charge in [0.25, 0.3) is 5.92 Å². The van der Waals surface area contributed by atoms with E-state index in [0.29, 0.717) is 12.3 Å². The molecule has 2 aliphatic carbocycles. The minimum absolute atomic E-state index is 0.0215. The van der Waals surface area contributed by atoms with Crippen molar-refractivity contribution in [3.63, 3.8) is 0 Å². The number of nitrogens with one attached hydrogen (secondary N) is 1. The summed E-state index contributed by atoms with van der Waals surface area (Å²) >= 11 is 6.79. The molecule has 3 heterocycles. The van der Waals surface area contributed by atoms with Crippen LogP contribution in [0.5, 0.6) is 5.75 Å². The maximum Gasteiger partial charge on any atom is 0.524 e. The first-order chi connectivity index (χ1) is 39.6. The number of alkyl halides is 8. The van der Waals surface area contributed by atoms with Gasteiger partial charge in [0.05, 0.1) is 44.8 Å². The zero-order chi connectivity index (χ0) is 65.1. The smallest absolute Gasteiger partial charge is 0.404 e. The van der Waals surface area contributed by atoms with Gasteiger partial charge in [0.15, 0.2) is 21.3 Å². The van der Waals surface area contributed by atoms with Crippen LogP contribution in [0.1, 0.15) is 110 Å². The summed E-state index contributed by atoms with van der Waals surface area (Å²) in [6.07, 6.45) is -12.9. The Morgan fingerprint density at radius 2 is 1.52 bits per heavy atom. The van der Waals surface area contributed by atoms with Crippen LogP contribution in [-0.4, -0.2) is 96.2 Å². The topological polar surface area (TPSA) is 291 Å². The number of aromatic nitrogens is 5. The third-order valence-electron chi connectivity index (χ3n) is 14.9. The lowest BCUT2D eigenvalue weighted by Gasteiger charge is -2.31. The fourth-order valence-corrected chi connectivity index (χ4v) is 13.6. The van der Waals surface area contributed by atoms with Crippen LogP contribution in [0.2, 0.25) is 5.02 Å². The number of rotatable bonds is 21. The number of sulfone groups is 1. The van der Waals surface area contributed by atoms with Gasteiger partial charge in [0.2, 0.25) is 21.8 Å². The molecule has 1 unspecified atom stereocenters. The molecule has 20 nitrogen and oxygen atoms in total. The van der Waals surface area contributed by atoms with E-state index in [1.54, 1.807) is 0 Å². The number of nitrogens with zero attached hydrogens (tertiary/aromatic N) is 6. The molecule has 2 aliphatic rings. The third-order valence-corrected chi connectivity index (χ3v) is 19.6. The van der Waals surface area contributed by atoms with Crippen molar-refractivity contribution < 1.29 is 104 Å². The first kappa shape index (κ1) is 67.0. The van der Waals surface area contributed by atoms with E-state index in [0.717, 1.165) is 36.6 Å². The number of halogens is 11. The number of carbonyl (C=O) groups excluding carboxylic acids is 2. The largest absolute Gasteiger partial charge is 0.524 e. The van der Waals surface area contributed by atoms with Gasteiger partial charge in [-0.3, -0.25) is 38.3 Å². The summed E-state index contributed by atoms with van der Waals surface area (Å²) in [6.45, 7) is 3.03. The fourth-order valence-electron chi connectivity index (χ4n) is 11.0. The first-order valence-electron chi connectivity index (χ1n) is 25.8. The van der Waals surface area contributed by atoms with Gasteiger partial charge in [0.1, 0.15) is 36.2 Å². The molecule has 8 rings (SSSR count). The van der Waals surface area contributed by atoms with Gasteiger partial charge in [0, 0.05) is 58.0 Å². The Hall–Kier alpha value is -5.98. The van der Waals surface area contributed by atoms with Gasteiger partial charge >= 0.3 is 27.8 Å². The number of phosphoric ester groups is 1. The van der Waals surface area contributed by atoms with Crippen molar-refractivity contribution in [2.24, 2.45) is 5.92 Å². The molecule has 35 heteroatoms. The molecule has 1 fully saturated rings. The number of phosphoric acid groups is 1.